The molecular weight excluding hydrogens is 278 g/mol. The Balaban J connectivity index is 1.65. The largest absolute Gasteiger partial charge is 0.506 e. The third-order valence-corrected chi connectivity index (χ3v) is 3.90. The fourth-order valence-corrected chi connectivity index (χ4v) is 2.72. The first-order chi connectivity index (χ1) is 10.6. The number of hydrogen-bond donors (Lipinski definition) is 1. The number of hydrogen-bond acceptors (Lipinski definition) is 4. The molecule has 1 aliphatic heterocycles. The van der Waals surface area contributed by atoms with E-state index in [1.165, 1.54) is 29.7 Å². The van der Waals surface area contributed by atoms with Crippen LogP contribution in [0.5, 0.6) is 5.75 Å². The monoisotopic (exact) mass is 297 g/mol. The molecule has 1 aromatic carbocycles. The van der Waals surface area contributed by atoms with Gasteiger partial charge in [-0.1, -0.05) is 12.1 Å². The smallest absolute Gasteiger partial charge is 0.255 e. The van der Waals surface area contributed by atoms with E-state index < -0.39 is 0 Å². The van der Waals surface area contributed by atoms with Crippen molar-refractivity contribution in [1.29, 1.82) is 0 Å². The van der Waals surface area contributed by atoms with Crippen molar-refractivity contribution < 1.29 is 9.90 Å². The van der Waals surface area contributed by atoms with Crippen molar-refractivity contribution >= 4 is 11.6 Å². The van der Waals surface area contributed by atoms with Crippen LogP contribution in [0.25, 0.3) is 0 Å². The predicted octanol–water partition coefficient (Wildman–Crippen LogP) is 2.06. The Bertz CT molecular complexity index is 679. The van der Waals surface area contributed by atoms with Gasteiger partial charge in [-0.25, -0.2) is 0 Å². The van der Waals surface area contributed by atoms with Gasteiger partial charge in [-0.15, -0.1) is 0 Å². The number of carbonyl (C=O) groups is 1. The molecule has 22 heavy (non-hydrogen) atoms. The maximum atomic E-state index is 12.4. The quantitative estimate of drug-likeness (QED) is 0.922. The van der Waals surface area contributed by atoms with Gasteiger partial charge >= 0.3 is 0 Å². The number of pyridine rings is 1. The van der Waals surface area contributed by atoms with Crippen LogP contribution in [0.1, 0.15) is 15.9 Å². The summed E-state index contributed by atoms with van der Waals surface area (Å²) in [6, 6.07) is 9.86. The topological polar surface area (TPSA) is 56.7 Å². The van der Waals surface area contributed by atoms with E-state index >= 15 is 0 Å². The van der Waals surface area contributed by atoms with Gasteiger partial charge in [0.25, 0.3) is 5.91 Å². The summed E-state index contributed by atoms with van der Waals surface area (Å²) in [5.41, 5.74) is 2.87. The first-order valence-electron chi connectivity index (χ1n) is 7.38. The minimum atomic E-state index is -0.0766. The van der Waals surface area contributed by atoms with Crippen LogP contribution in [0, 0.1) is 6.92 Å². The highest BCUT2D eigenvalue weighted by molar-refractivity contribution is 5.94. The van der Waals surface area contributed by atoms with Crippen LogP contribution in [-0.4, -0.2) is 47.1 Å². The average molecular weight is 297 g/mol. The molecule has 1 amide bonds. The highest BCUT2D eigenvalue weighted by atomic mass is 16.3. The lowest BCUT2D eigenvalue weighted by molar-refractivity contribution is 0.0746. The van der Waals surface area contributed by atoms with Gasteiger partial charge < -0.3 is 14.9 Å². The first-order valence-corrected chi connectivity index (χ1v) is 7.38. The van der Waals surface area contributed by atoms with E-state index in [1.54, 1.807) is 0 Å². The zero-order chi connectivity index (χ0) is 15.5. The molecule has 0 unspecified atom stereocenters. The maximum absolute atomic E-state index is 12.4. The van der Waals surface area contributed by atoms with Crippen molar-refractivity contribution in [3.05, 3.63) is 53.9 Å². The molecule has 0 bridgehead atoms. The van der Waals surface area contributed by atoms with Gasteiger partial charge in [0.1, 0.15) is 5.75 Å². The minimum absolute atomic E-state index is 0.0178. The first kappa shape index (κ1) is 14.4. The van der Waals surface area contributed by atoms with Gasteiger partial charge in [0.05, 0.1) is 11.8 Å². The molecule has 0 atom stereocenters. The third-order valence-electron chi connectivity index (χ3n) is 3.90. The van der Waals surface area contributed by atoms with Crippen LogP contribution in [0.4, 0.5) is 5.69 Å². The zero-order valence-electron chi connectivity index (χ0n) is 12.6. The molecule has 1 N–H and O–H groups in total. The number of aryl methyl sites for hydroxylation is 1. The lowest BCUT2D eigenvalue weighted by Crippen LogP contribution is -2.48. The number of anilines is 1. The molecule has 2 heterocycles. The standard InChI is InChI=1S/C17H19N3O2/c1-13-3-2-4-15(9-13)19-5-7-20(8-6-19)17(22)14-10-16(21)12-18-11-14/h2-4,9-12,21H,5-8H2,1H3. The summed E-state index contributed by atoms with van der Waals surface area (Å²) in [5.74, 6) is -0.0588. The second-order valence-corrected chi connectivity index (χ2v) is 5.55. The summed E-state index contributed by atoms with van der Waals surface area (Å²) >= 11 is 0. The Morgan fingerprint density at radius 2 is 1.91 bits per heavy atom. The van der Waals surface area contributed by atoms with E-state index in [0.29, 0.717) is 18.7 Å². The molecule has 0 radical (unpaired) electrons. The van der Waals surface area contributed by atoms with Gasteiger partial charge in [-0.3, -0.25) is 9.78 Å². The Hall–Kier alpha value is -2.56. The highest BCUT2D eigenvalue weighted by Crippen LogP contribution is 2.19. The SMILES string of the molecule is Cc1cccc(N2CCN(C(=O)c3cncc(O)c3)CC2)c1. The molecule has 3 rings (SSSR count). The summed E-state index contributed by atoms with van der Waals surface area (Å²) in [6.45, 7) is 5.03. The molecule has 1 fully saturated rings. The van der Waals surface area contributed by atoms with Crippen molar-refractivity contribution in [3.63, 3.8) is 0 Å². The molecule has 0 spiro atoms. The van der Waals surface area contributed by atoms with Crippen LogP contribution in [0.2, 0.25) is 0 Å². The summed E-state index contributed by atoms with van der Waals surface area (Å²) in [6.07, 6.45) is 2.82. The fraction of sp³-hybridized carbons (Fsp3) is 0.294. The number of benzene rings is 1. The highest BCUT2D eigenvalue weighted by Gasteiger charge is 2.22. The second kappa shape index (κ2) is 6.05. The Morgan fingerprint density at radius 3 is 2.59 bits per heavy atom. The van der Waals surface area contributed by atoms with E-state index in [2.05, 4.69) is 41.1 Å². The van der Waals surface area contributed by atoms with Crippen LogP contribution in [0.3, 0.4) is 0 Å². The lowest BCUT2D eigenvalue weighted by atomic mass is 10.1. The van der Waals surface area contributed by atoms with Gasteiger partial charge in [0, 0.05) is 38.1 Å². The summed E-state index contributed by atoms with van der Waals surface area (Å²) in [5, 5.41) is 9.44. The molecule has 2 aromatic rings. The van der Waals surface area contributed by atoms with Gasteiger partial charge in [0.15, 0.2) is 0 Å². The van der Waals surface area contributed by atoms with Crippen molar-refractivity contribution in [2.75, 3.05) is 31.1 Å². The second-order valence-electron chi connectivity index (χ2n) is 5.55. The van der Waals surface area contributed by atoms with E-state index in [1.807, 2.05) is 4.90 Å². The molecular formula is C17H19N3O2. The molecule has 1 saturated heterocycles. The summed E-state index contributed by atoms with van der Waals surface area (Å²) < 4.78 is 0. The zero-order valence-corrected chi connectivity index (χ0v) is 12.6. The Morgan fingerprint density at radius 1 is 1.14 bits per heavy atom. The molecule has 1 aliphatic rings. The van der Waals surface area contributed by atoms with Crippen molar-refractivity contribution in [3.8, 4) is 5.75 Å². The Labute approximate surface area is 129 Å². The number of rotatable bonds is 2. The van der Waals surface area contributed by atoms with Gasteiger partial charge in [-0.2, -0.15) is 0 Å². The molecule has 1 aromatic heterocycles. The summed E-state index contributed by atoms with van der Waals surface area (Å²) in [7, 11) is 0. The molecule has 0 aliphatic carbocycles. The van der Waals surface area contributed by atoms with Crippen LogP contribution in [0.15, 0.2) is 42.7 Å². The van der Waals surface area contributed by atoms with E-state index in [0.717, 1.165) is 13.1 Å². The van der Waals surface area contributed by atoms with E-state index in [9.17, 15) is 9.90 Å². The molecule has 5 nitrogen and oxygen atoms in total. The lowest BCUT2D eigenvalue weighted by Gasteiger charge is -2.36. The molecule has 114 valence electrons. The van der Waals surface area contributed by atoms with Crippen molar-refractivity contribution in [1.82, 2.24) is 9.88 Å². The summed E-state index contributed by atoms with van der Waals surface area (Å²) in [4.78, 5) is 20.4. The minimum Gasteiger partial charge on any atom is -0.506 e. The predicted molar refractivity (Wildman–Crippen MR) is 85.2 cm³/mol. The molecule has 0 saturated carbocycles. The number of aromatic nitrogens is 1. The number of piperazine rings is 1. The normalized spacial score (nSPS) is 15.0. The van der Waals surface area contributed by atoms with Gasteiger partial charge in [0.2, 0.25) is 0 Å². The molecule has 5 heteroatoms. The van der Waals surface area contributed by atoms with Crippen LogP contribution in [-0.2, 0) is 0 Å². The fourth-order valence-electron chi connectivity index (χ4n) is 2.72. The van der Waals surface area contributed by atoms with Crippen molar-refractivity contribution in [2.24, 2.45) is 0 Å². The maximum Gasteiger partial charge on any atom is 0.255 e. The van der Waals surface area contributed by atoms with Crippen molar-refractivity contribution in [2.45, 2.75) is 6.92 Å². The number of carbonyl (C=O) groups excluding carboxylic acids is 1. The van der Waals surface area contributed by atoms with Crippen LogP contribution < -0.4 is 4.90 Å². The number of nitrogens with zero attached hydrogens (tertiary/aromatic N) is 3. The number of aromatic hydroxyl groups is 1. The van der Waals surface area contributed by atoms with Crippen LogP contribution >= 0.6 is 0 Å². The number of amides is 1. The third kappa shape index (κ3) is 3.03. The van der Waals surface area contributed by atoms with Gasteiger partial charge in [-0.05, 0) is 30.7 Å². The Kier molecular flexibility index (Phi) is 3.96. The van der Waals surface area contributed by atoms with E-state index in [-0.39, 0.29) is 11.7 Å². The average Bonchev–Trinajstić information content (AvgIpc) is 2.54. The van der Waals surface area contributed by atoms with E-state index in [4.69, 9.17) is 0 Å².